The Morgan fingerprint density at radius 3 is 1.05 bits per heavy atom. The van der Waals surface area contributed by atoms with Gasteiger partial charge in [-0.3, -0.25) is 0 Å². The van der Waals surface area contributed by atoms with Crippen molar-refractivity contribution in [1.82, 2.24) is 14.1 Å². The number of aromatic nitrogens is 3. The number of nitrogens with zero attached hydrogens (tertiary/aromatic N) is 3. The Balaban J connectivity index is 0.914. The molecule has 0 unspecified atom stereocenters. The van der Waals surface area contributed by atoms with Crippen LogP contribution in [0.25, 0.3) is 144 Å². The summed E-state index contributed by atoms with van der Waals surface area (Å²) >= 11 is 0. The van der Waals surface area contributed by atoms with Crippen molar-refractivity contribution in [3.63, 3.8) is 0 Å². The summed E-state index contributed by atoms with van der Waals surface area (Å²) < 4.78 is 4.76. The molecule has 0 aliphatic carbocycles. The lowest BCUT2D eigenvalue weighted by molar-refractivity contribution is 1.18. The van der Waals surface area contributed by atoms with Gasteiger partial charge in [-0.05, 0) is 164 Å². The Morgan fingerprint density at radius 1 is 0.188 bits per heavy atom. The number of fused-ring (bicyclic) bond motifs is 6. The maximum Gasteiger partial charge on any atom is 0.0722 e. The van der Waals surface area contributed by atoms with Gasteiger partial charge in [0.25, 0.3) is 0 Å². The van der Waals surface area contributed by atoms with Crippen molar-refractivity contribution in [3.8, 4) is 101 Å². The molecule has 80 heavy (non-hydrogen) atoms. The Hall–Kier alpha value is -10.6. The van der Waals surface area contributed by atoms with Gasteiger partial charge in [0, 0.05) is 44.0 Å². The molecule has 0 amide bonds. The third-order valence-electron chi connectivity index (χ3n) is 15.9. The average Bonchev–Trinajstić information content (AvgIpc) is 4.24. The fourth-order valence-corrected chi connectivity index (χ4v) is 12.0. The van der Waals surface area contributed by atoms with Crippen LogP contribution >= 0.6 is 0 Å². The van der Waals surface area contributed by atoms with E-state index in [9.17, 15) is 0 Å². The van der Waals surface area contributed by atoms with E-state index in [1.54, 1.807) is 0 Å². The highest BCUT2D eigenvalue weighted by Crippen LogP contribution is 2.43. The Bertz CT molecular complexity index is 4710. The normalized spacial score (nSPS) is 11.5. The maximum atomic E-state index is 5.64. The molecule has 0 saturated heterocycles. The molecule has 15 aromatic rings. The molecule has 15 rings (SSSR count). The topological polar surface area (TPSA) is 22.8 Å². The number of benzene rings is 12. The van der Waals surface area contributed by atoms with Crippen LogP contribution in [0.5, 0.6) is 0 Å². The van der Waals surface area contributed by atoms with Crippen LogP contribution in [0.1, 0.15) is 0 Å². The third kappa shape index (κ3) is 8.37. The minimum atomic E-state index is 0.902. The minimum Gasteiger partial charge on any atom is -0.309 e. The SMILES string of the molecule is c1ccc(-c2cc(-c3ccccc3)cc(-c3ccc(-c4cc(-c5ccccc5)nc(-c5cc(-c6ccc7c(c6)c6ccccc6n7-c6ccccc6)ccc5-c5ccc6c(c5)c5ccccc5n6-c5ccccc5)c4)cc3)c2)cc1. The molecule has 0 aliphatic heterocycles. The molecule has 0 aliphatic rings. The lowest BCUT2D eigenvalue weighted by Gasteiger charge is -2.16. The number of para-hydroxylation sites is 4. The molecule has 0 atom stereocenters. The predicted octanol–water partition coefficient (Wildman–Crippen LogP) is 20.6. The zero-order chi connectivity index (χ0) is 52.9. The van der Waals surface area contributed by atoms with Crippen molar-refractivity contribution in [3.05, 3.63) is 309 Å². The molecule has 0 fully saturated rings. The molecule has 0 radical (unpaired) electrons. The zero-order valence-corrected chi connectivity index (χ0v) is 43.8. The quantitative estimate of drug-likeness (QED) is 0.134. The lowest BCUT2D eigenvalue weighted by Crippen LogP contribution is -1.95. The van der Waals surface area contributed by atoms with Gasteiger partial charge < -0.3 is 9.13 Å². The number of pyridine rings is 1. The zero-order valence-electron chi connectivity index (χ0n) is 43.8. The van der Waals surface area contributed by atoms with Gasteiger partial charge >= 0.3 is 0 Å². The van der Waals surface area contributed by atoms with Crippen LogP contribution in [0.15, 0.2) is 309 Å². The molecule has 0 bridgehead atoms. The first-order chi connectivity index (χ1) is 39.6. The second-order valence-electron chi connectivity index (χ2n) is 20.7. The minimum absolute atomic E-state index is 0.902. The Labute approximate surface area is 465 Å². The van der Waals surface area contributed by atoms with Gasteiger partial charge in [-0.15, -0.1) is 0 Å². The van der Waals surface area contributed by atoms with E-state index in [1.165, 1.54) is 71.4 Å². The first-order valence-corrected chi connectivity index (χ1v) is 27.4. The van der Waals surface area contributed by atoms with E-state index >= 15 is 0 Å². The van der Waals surface area contributed by atoms with Gasteiger partial charge in [0.1, 0.15) is 0 Å². The smallest absolute Gasteiger partial charge is 0.0722 e. The van der Waals surface area contributed by atoms with E-state index in [1.807, 2.05) is 0 Å². The van der Waals surface area contributed by atoms with Crippen LogP contribution in [0.2, 0.25) is 0 Å². The maximum absolute atomic E-state index is 5.64. The monoisotopic (exact) mass is 1020 g/mol. The van der Waals surface area contributed by atoms with Crippen LogP contribution in [-0.4, -0.2) is 14.1 Å². The van der Waals surface area contributed by atoms with Crippen molar-refractivity contribution in [2.75, 3.05) is 0 Å². The van der Waals surface area contributed by atoms with Gasteiger partial charge in [0.2, 0.25) is 0 Å². The lowest BCUT2D eigenvalue weighted by atomic mass is 9.90. The fourth-order valence-electron chi connectivity index (χ4n) is 12.0. The van der Waals surface area contributed by atoms with Crippen molar-refractivity contribution < 1.29 is 0 Å². The molecule has 3 aromatic heterocycles. The van der Waals surface area contributed by atoms with E-state index in [0.29, 0.717) is 0 Å². The van der Waals surface area contributed by atoms with E-state index in [2.05, 4.69) is 319 Å². The highest BCUT2D eigenvalue weighted by Gasteiger charge is 2.20. The van der Waals surface area contributed by atoms with Crippen molar-refractivity contribution in [1.29, 1.82) is 0 Å². The molecule has 0 N–H and O–H groups in total. The van der Waals surface area contributed by atoms with Gasteiger partial charge in [-0.2, -0.15) is 0 Å². The van der Waals surface area contributed by atoms with Crippen molar-refractivity contribution >= 4 is 43.6 Å². The summed E-state index contributed by atoms with van der Waals surface area (Å²) in [5.41, 5.74) is 24.7. The highest BCUT2D eigenvalue weighted by molar-refractivity contribution is 6.12. The Kier molecular flexibility index (Phi) is 11.5. The van der Waals surface area contributed by atoms with Crippen molar-refractivity contribution in [2.24, 2.45) is 0 Å². The molecular weight excluding hydrogens is 967 g/mol. The second-order valence-corrected chi connectivity index (χ2v) is 20.7. The Morgan fingerprint density at radius 2 is 0.537 bits per heavy atom. The molecule has 12 aromatic carbocycles. The average molecular weight is 1020 g/mol. The number of hydrogen-bond donors (Lipinski definition) is 0. The second kappa shape index (κ2) is 19.8. The van der Waals surface area contributed by atoms with Crippen LogP contribution in [0, 0.1) is 0 Å². The largest absolute Gasteiger partial charge is 0.309 e. The summed E-state index contributed by atoms with van der Waals surface area (Å²) in [6.07, 6.45) is 0. The van der Waals surface area contributed by atoms with E-state index in [-0.39, 0.29) is 0 Å². The predicted molar refractivity (Wildman–Crippen MR) is 336 cm³/mol. The fraction of sp³-hybridized carbons (Fsp3) is 0. The molecule has 3 nitrogen and oxygen atoms in total. The first kappa shape index (κ1) is 46.7. The summed E-state index contributed by atoms with van der Waals surface area (Å²) in [6, 6.07) is 112. The van der Waals surface area contributed by atoms with Crippen LogP contribution < -0.4 is 0 Å². The van der Waals surface area contributed by atoms with Crippen LogP contribution in [0.3, 0.4) is 0 Å². The van der Waals surface area contributed by atoms with Gasteiger partial charge in [0.05, 0.1) is 33.5 Å². The third-order valence-corrected chi connectivity index (χ3v) is 15.9. The highest BCUT2D eigenvalue weighted by atomic mass is 15.0. The summed E-state index contributed by atoms with van der Waals surface area (Å²) in [7, 11) is 0. The van der Waals surface area contributed by atoms with Gasteiger partial charge in [0.15, 0.2) is 0 Å². The van der Waals surface area contributed by atoms with Gasteiger partial charge in [-0.25, -0.2) is 4.98 Å². The molecule has 0 saturated carbocycles. The van der Waals surface area contributed by atoms with Crippen LogP contribution in [0.4, 0.5) is 0 Å². The van der Waals surface area contributed by atoms with E-state index in [4.69, 9.17) is 4.98 Å². The van der Waals surface area contributed by atoms with E-state index in [0.717, 1.165) is 72.8 Å². The summed E-state index contributed by atoms with van der Waals surface area (Å²) in [5.74, 6) is 0. The van der Waals surface area contributed by atoms with Gasteiger partial charge in [-0.1, -0.05) is 212 Å². The molecule has 374 valence electrons. The number of hydrogen-bond acceptors (Lipinski definition) is 1. The molecular formula is C77H51N3. The molecule has 3 heterocycles. The van der Waals surface area contributed by atoms with Crippen molar-refractivity contribution in [2.45, 2.75) is 0 Å². The summed E-state index contributed by atoms with van der Waals surface area (Å²) in [5, 5.41) is 4.86. The first-order valence-electron chi connectivity index (χ1n) is 27.4. The summed E-state index contributed by atoms with van der Waals surface area (Å²) in [6.45, 7) is 0. The standard InChI is InChI=1S/C77H51N3/c1-6-20-52(21-7-1)60-44-61(53-22-8-2-9-23-53)46-62(45-60)54-34-36-55(37-35-54)63-50-72(56-24-10-3-11-25-56)78-73(51-63)69-47-57(58-39-42-76-70(48-58)67-30-16-18-32-74(67)79(76)64-26-12-4-13-27-64)38-41-66(69)59-40-43-77-71(49-59)68-31-17-19-33-75(68)80(77)65-28-14-5-15-29-65/h1-51H. The molecule has 3 heteroatoms. The van der Waals surface area contributed by atoms with E-state index < -0.39 is 0 Å². The molecule has 0 spiro atoms. The number of rotatable bonds is 10. The van der Waals surface area contributed by atoms with Crippen LogP contribution in [-0.2, 0) is 0 Å². The summed E-state index contributed by atoms with van der Waals surface area (Å²) in [4.78, 5) is 5.64.